The maximum atomic E-state index is 5.51. The lowest BCUT2D eigenvalue weighted by atomic mass is 10.2. The second-order valence-corrected chi connectivity index (χ2v) is 4.80. The van der Waals surface area contributed by atoms with Gasteiger partial charge in [-0.15, -0.1) is 0 Å². The van der Waals surface area contributed by atoms with Crippen molar-refractivity contribution in [3.05, 3.63) is 0 Å². The lowest BCUT2D eigenvalue weighted by Crippen LogP contribution is -2.39. The molecule has 0 amide bonds. The number of hydrogen-bond acceptors (Lipinski definition) is 3. The molecule has 0 aliphatic carbocycles. The summed E-state index contributed by atoms with van der Waals surface area (Å²) in [4.78, 5) is 2.59. The van der Waals surface area contributed by atoms with Crippen molar-refractivity contribution in [1.82, 2.24) is 10.2 Å². The van der Waals surface area contributed by atoms with E-state index in [4.69, 9.17) is 4.74 Å². The molecule has 1 aliphatic heterocycles. The van der Waals surface area contributed by atoms with Crippen molar-refractivity contribution in [1.29, 1.82) is 0 Å². The Hall–Kier alpha value is -0.120. The first-order valence-electron chi connectivity index (χ1n) is 6.86. The SMILES string of the molecule is CCCOCCCN1CCCNC(C)CC1. The van der Waals surface area contributed by atoms with Gasteiger partial charge < -0.3 is 15.0 Å². The summed E-state index contributed by atoms with van der Waals surface area (Å²) in [6.45, 7) is 11.1. The third kappa shape index (κ3) is 6.46. The van der Waals surface area contributed by atoms with Crippen molar-refractivity contribution in [2.24, 2.45) is 0 Å². The largest absolute Gasteiger partial charge is 0.381 e. The minimum absolute atomic E-state index is 0.680. The molecule has 96 valence electrons. The number of nitrogens with zero attached hydrogens (tertiary/aromatic N) is 1. The van der Waals surface area contributed by atoms with E-state index in [1.807, 2.05) is 0 Å². The summed E-state index contributed by atoms with van der Waals surface area (Å²) >= 11 is 0. The van der Waals surface area contributed by atoms with Gasteiger partial charge in [0.25, 0.3) is 0 Å². The fourth-order valence-electron chi connectivity index (χ4n) is 2.10. The first-order chi connectivity index (χ1) is 7.83. The van der Waals surface area contributed by atoms with Crippen LogP contribution in [0.1, 0.15) is 39.5 Å². The second-order valence-electron chi connectivity index (χ2n) is 4.80. The fraction of sp³-hybridized carbons (Fsp3) is 1.00. The zero-order valence-corrected chi connectivity index (χ0v) is 11.0. The Morgan fingerprint density at radius 2 is 2.19 bits per heavy atom. The molecule has 1 N–H and O–H groups in total. The average molecular weight is 228 g/mol. The Kier molecular flexibility index (Phi) is 7.81. The molecule has 1 atom stereocenters. The fourth-order valence-corrected chi connectivity index (χ4v) is 2.10. The Morgan fingerprint density at radius 1 is 1.31 bits per heavy atom. The maximum Gasteiger partial charge on any atom is 0.0478 e. The van der Waals surface area contributed by atoms with Crippen LogP contribution in [0.25, 0.3) is 0 Å². The van der Waals surface area contributed by atoms with E-state index >= 15 is 0 Å². The van der Waals surface area contributed by atoms with Crippen LogP contribution in [0.4, 0.5) is 0 Å². The van der Waals surface area contributed by atoms with Gasteiger partial charge in [0.15, 0.2) is 0 Å². The van der Waals surface area contributed by atoms with Crippen LogP contribution in [-0.4, -0.2) is 50.3 Å². The van der Waals surface area contributed by atoms with E-state index in [9.17, 15) is 0 Å². The van der Waals surface area contributed by atoms with Crippen molar-refractivity contribution >= 4 is 0 Å². The van der Waals surface area contributed by atoms with Gasteiger partial charge >= 0.3 is 0 Å². The van der Waals surface area contributed by atoms with E-state index in [0.717, 1.165) is 19.6 Å². The van der Waals surface area contributed by atoms with Gasteiger partial charge in [-0.25, -0.2) is 0 Å². The summed E-state index contributed by atoms with van der Waals surface area (Å²) in [6, 6.07) is 0.680. The van der Waals surface area contributed by atoms with Crippen molar-refractivity contribution in [2.75, 3.05) is 39.4 Å². The molecule has 0 bridgehead atoms. The van der Waals surface area contributed by atoms with E-state index in [2.05, 4.69) is 24.1 Å². The molecule has 1 rings (SSSR count). The zero-order valence-electron chi connectivity index (χ0n) is 11.0. The maximum absolute atomic E-state index is 5.51. The average Bonchev–Trinajstić information content (AvgIpc) is 2.27. The molecule has 3 heteroatoms. The molecular weight excluding hydrogens is 200 g/mol. The Labute approximate surface area is 101 Å². The molecule has 0 radical (unpaired) electrons. The van der Waals surface area contributed by atoms with Crippen molar-refractivity contribution in [3.8, 4) is 0 Å². The molecule has 0 spiro atoms. The van der Waals surface area contributed by atoms with Gasteiger partial charge in [-0.05, 0) is 52.2 Å². The summed E-state index contributed by atoms with van der Waals surface area (Å²) in [5.74, 6) is 0. The second kappa shape index (κ2) is 8.97. The topological polar surface area (TPSA) is 24.5 Å². The summed E-state index contributed by atoms with van der Waals surface area (Å²) < 4.78 is 5.51. The zero-order chi connectivity index (χ0) is 11.6. The van der Waals surface area contributed by atoms with Crippen molar-refractivity contribution in [2.45, 2.75) is 45.6 Å². The molecule has 0 aromatic carbocycles. The van der Waals surface area contributed by atoms with Gasteiger partial charge in [0.2, 0.25) is 0 Å². The number of rotatable bonds is 6. The van der Waals surface area contributed by atoms with Gasteiger partial charge in [-0.1, -0.05) is 6.92 Å². The molecule has 0 aromatic heterocycles. The molecule has 3 nitrogen and oxygen atoms in total. The summed E-state index contributed by atoms with van der Waals surface area (Å²) in [6.07, 6.45) is 4.87. The standard InChI is InChI=1S/C13H28N2O/c1-3-11-16-12-5-9-15-8-4-7-14-13(2)6-10-15/h13-14H,3-12H2,1-2H3. The van der Waals surface area contributed by atoms with Crippen molar-refractivity contribution < 1.29 is 4.74 Å². The van der Waals surface area contributed by atoms with E-state index in [1.165, 1.54) is 45.4 Å². The molecule has 0 saturated carbocycles. The van der Waals surface area contributed by atoms with E-state index in [0.29, 0.717) is 6.04 Å². The van der Waals surface area contributed by atoms with Crippen LogP contribution in [0, 0.1) is 0 Å². The molecular formula is C13H28N2O. The van der Waals surface area contributed by atoms with Gasteiger partial charge in [-0.2, -0.15) is 0 Å². The molecule has 0 aromatic rings. The first kappa shape index (κ1) is 13.9. The number of nitrogens with one attached hydrogen (secondary N) is 1. The first-order valence-corrected chi connectivity index (χ1v) is 6.86. The highest BCUT2D eigenvalue weighted by molar-refractivity contribution is 4.69. The third-order valence-corrected chi connectivity index (χ3v) is 3.13. The lowest BCUT2D eigenvalue weighted by molar-refractivity contribution is 0.119. The highest BCUT2D eigenvalue weighted by atomic mass is 16.5. The van der Waals surface area contributed by atoms with Gasteiger partial charge in [0, 0.05) is 25.8 Å². The van der Waals surface area contributed by atoms with E-state index in [1.54, 1.807) is 0 Å². The summed E-state index contributed by atoms with van der Waals surface area (Å²) in [7, 11) is 0. The monoisotopic (exact) mass is 228 g/mol. The van der Waals surface area contributed by atoms with Crippen LogP contribution in [0.15, 0.2) is 0 Å². The van der Waals surface area contributed by atoms with E-state index < -0.39 is 0 Å². The van der Waals surface area contributed by atoms with E-state index in [-0.39, 0.29) is 0 Å². The number of ether oxygens (including phenoxy) is 1. The van der Waals surface area contributed by atoms with Crippen LogP contribution in [0.3, 0.4) is 0 Å². The Morgan fingerprint density at radius 3 is 3.00 bits per heavy atom. The van der Waals surface area contributed by atoms with Crippen LogP contribution >= 0.6 is 0 Å². The normalized spacial score (nSPS) is 24.0. The van der Waals surface area contributed by atoms with Gasteiger partial charge in [0.1, 0.15) is 0 Å². The minimum Gasteiger partial charge on any atom is -0.381 e. The van der Waals surface area contributed by atoms with Gasteiger partial charge in [-0.3, -0.25) is 0 Å². The lowest BCUT2D eigenvalue weighted by Gasteiger charge is -2.27. The number of hydrogen-bond donors (Lipinski definition) is 1. The quantitative estimate of drug-likeness (QED) is 0.703. The van der Waals surface area contributed by atoms with Crippen LogP contribution in [0.2, 0.25) is 0 Å². The predicted molar refractivity (Wildman–Crippen MR) is 68.9 cm³/mol. The smallest absolute Gasteiger partial charge is 0.0478 e. The highest BCUT2D eigenvalue weighted by Crippen LogP contribution is 2.03. The summed E-state index contributed by atoms with van der Waals surface area (Å²) in [5, 5.41) is 3.54. The molecule has 1 heterocycles. The summed E-state index contributed by atoms with van der Waals surface area (Å²) in [5.41, 5.74) is 0. The Balaban J connectivity index is 2.05. The van der Waals surface area contributed by atoms with Crippen LogP contribution < -0.4 is 5.32 Å². The molecule has 1 unspecified atom stereocenters. The highest BCUT2D eigenvalue weighted by Gasteiger charge is 2.10. The molecule has 16 heavy (non-hydrogen) atoms. The van der Waals surface area contributed by atoms with Crippen molar-refractivity contribution in [3.63, 3.8) is 0 Å². The third-order valence-electron chi connectivity index (χ3n) is 3.13. The Bertz CT molecular complexity index is 164. The molecule has 1 aliphatic rings. The van der Waals surface area contributed by atoms with Crippen LogP contribution in [-0.2, 0) is 4.74 Å². The van der Waals surface area contributed by atoms with Gasteiger partial charge in [0.05, 0.1) is 0 Å². The van der Waals surface area contributed by atoms with Crippen LogP contribution in [0.5, 0.6) is 0 Å². The minimum atomic E-state index is 0.680. The molecule has 1 saturated heterocycles. The predicted octanol–water partition coefficient (Wildman–Crippen LogP) is 1.88. The molecule has 1 fully saturated rings.